The van der Waals surface area contributed by atoms with Crippen LogP contribution in [-0.4, -0.2) is 12.5 Å². The maximum atomic E-state index is 11.6. The molecule has 1 heterocycles. The van der Waals surface area contributed by atoms with Crippen molar-refractivity contribution in [3.05, 3.63) is 41.6 Å². The highest BCUT2D eigenvalue weighted by molar-refractivity contribution is 6.01. The molecule has 0 fully saturated rings. The Morgan fingerprint density at radius 3 is 2.39 bits per heavy atom. The summed E-state index contributed by atoms with van der Waals surface area (Å²) >= 11 is 0. The Morgan fingerprint density at radius 2 is 1.78 bits per heavy atom. The standard InChI is InChI=1S/C11H12N2O.2C2H6/c1-7-3-4-10-9(5-7)11(14)12-6-8(2)13-10;2*1-2/h3-5,13H,2,6H2,1H3,(H,12,14);2*1-2H3. The van der Waals surface area contributed by atoms with Gasteiger partial charge in [-0.25, -0.2) is 0 Å². The molecule has 1 aromatic carbocycles. The molecule has 1 aliphatic rings. The summed E-state index contributed by atoms with van der Waals surface area (Å²) in [6.07, 6.45) is 0. The quantitative estimate of drug-likeness (QED) is 0.734. The minimum atomic E-state index is -0.0464. The predicted molar refractivity (Wildman–Crippen MR) is 79.0 cm³/mol. The fourth-order valence-corrected chi connectivity index (χ4v) is 1.47. The third-order valence-corrected chi connectivity index (χ3v) is 2.19. The van der Waals surface area contributed by atoms with Gasteiger partial charge in [-0.15, -0.1) is 0 Å². The molecule has 0 saturated heterocycles. The molecule has 2 rings (SSSR count). The van der Waals surface area contributed by atoms with Crippen LogP contribution in [0.5, 0.6) is 0 Å². The lowest BCUT2D eigenvalue weighted by Crippen LogP contribution is -2.23. The van der Waals surface area contributed by atoms with Crippen LogP contribution in [0.25, 0.3) is 0 Å². The van der Waals surface area contributed by atoms with Gasteiger partial charge < -0.3 is 10.6 Å². The van der Waals surface area contributed by atoms with Gasteiger partial charge in [-0.1, -0.05) is 45.9 Å². The molecule has 0 radical (unpaired) electrons. The summed E-state index contributed by atoms with van der Waals surface area (Å²) < 4.78 is 0. The van der Waals surface area contributed by atoms with Crippen molar-refractivity contribution in [3.63, 3.8) is 0 Å². The van der Waals surface area contributed by atoms with Crippen LogP contribution in [0.4, 0.5) is 5.69 Å². The van der Waals surface area contributed by atoms with Crippen molar-refractivity contribution < 1.29 is 4.79 Å². The first-order valence-electron chi connectivity index (χ1n) is 6.50. The molecule has 1 aliphatic heterocycles. The highest BCUT2D eigenvalue weighted by Crippen LogP contribution is 2.20. The number of benzene rings is 1. The first kappa shape index (κ1) is 16.2. The number of carbonyl (C=O) groups excluding carboxylic acids is 1. The summed E-state index contributed by atoms with van der Waals surface area (Å²) in [5.74, 6) is -0.0464. The van der Waals surface area contributed by atoms with Gasteiger partial charge in [-0.3, -0.25) is 4.79 Å². The van der Waals surface area contributed by atoms with Crippen LogP contribution in [-0.2, 0) is 0 Å². The summed E-state index contributed by atoms with van der Waals surface area (Å²) in [6, 6.07) is 5.74. The van der Waals surface area contributed by atoms with Crippen molar-refractivity contribution in [2.45, 2.75) is 34.6 Å². The molecule has 1 amide bonds. The number of aryl methyl sites for hydroxylation is 1. The lowest BCUT2D eigenvalue weighted by molar-refractivity contribution is 0.0959. The molecule has 100 valence electrons. The number of fused-ring (bicyclic) bond motifs is 1. The first-order valence-corrected chi connectivity index (χ1v) is 6.50. The third kappa shape index (κ3) is 4.24. The maximum Gasteiger partial charge on any atom is 0.253 e. The molecule has 0 saturated carbocycles. The van der Waals surface area contributed by atoms with Gasteiger partial charge in [0.2, 0.25) is 0 Å². The van der Waals surface area contributed by atoms with Crippen LogP contribution in [0, 0.1) is 6.92 Å². The van der Waals surface area contributed by atoms with Crippen molar-refractivity contribution in [2.24, 2.45) is 0 Å². The number of anilines is 1. The molecule has 0 atom stereocenters. The van der Waals surface area contributed by atoms with Gasteiger partial charge >= 0.3 is 0 Å². The highest BCUT2D eigenvalue weighted by Gasteiger charge is 2.15. The van der Waals surface area contributed by atoms with Gasteiger partial charge in [0.15, 0.2) is 0 Å². The van der Waals surface area contributed by atoms with Gasteiger partial charge in [-0.05, 0) is 19.1 Å². The van der Waals surface area contributed by atoms with E-state index in [1.165, 1.54) is 0 Å². The molecular formula is C15H24N2O. The summed E-state index contributed by atoms with van der Waals surface area (Å²) in [7, 11) is 0. The zero-order chi connectivity index (χ0) is 14.1. The second-order valence-electron chi connectivity index (χ2n) is 3.46. The van der Waals surface area contributed by atoms with Crippen molar-refractivity contribution in [2.75, 3.05) is 11.9 Å². The largest absolute Gasteiger partial charge is 0.357 e. The fourth-order valence-electron chi connectivity index (χ4n) is 1.47. The lowest BCUT2D eigenvalue weighted by atomic mass is 10.1. The predicted octanol–water partition coefficient (Wildman–Crippen LogP) is 3.72. The third-order valence-electron chi connectivity index (χ3n) is 2.19. The average molecular weight is 248 g/mol. The zero-order valence-corrected chi connectivity index (χ0v) is 12.1. The Bertz CT molecular complexity index is 411. The Labute approximate surface area is 110 Å². The summed E-state index contributed by atoms with van der Waals surface area (Å²) in [6.45, 7) is 14.2. The van der Waals surface area contributed by atoms with Crippen LogP contribution in [0.3, 0.4) is 0 Å². The van der Waals surface area contributed by atoms with Crippen LogP contribution in [0.15, 0.2) is 30.5 Å². The molecule has 1 aromatic rings. The number of rotatable bonds is 0. The molecule has 0 spiro atoms. The second kappa shape index (κ2) is 8.34. The van der Waals surface area contributed by atoms with Crippen LogP contribution in [0.2, 0.25) is 0 Å². The maximum absolute atomic E-state index is 11.6. The number of carbonyl (C=O) groups is 1. The van der Waals surface area contributed by atoms with Gasteiger partial charge in [0, 0.05) is 5.70 Å². The Balaban J connectivity index is 0.000000659. The summed E-state index contributed by atoms with van der Waals surface area (Å²) in [5, 5.41) is 5.88. The van der Waals surface area contributed by atoms with Gasteiger partial charge in [-0.2, -0.15) is 0 Å². The molecule has 18 heavy (non-hydrogen) atoms. The van der Waals surface area contributed by atoms with E-state index in [4.69, 9.17) is 0 Å². The second-order valence-corrected chi connectivity index (χ2v) is 3.46. The molecule has 0 bridgehead atoms. The van der Waals surface area contributed by atoms with E-state index < -0.39 is 0 Å². The average Bonchev–Trinajstić information content (AvgIpc) is 2.55. The van der Waals surface area contributed by atoms with E-state index in [-0.39, 0.29) is 5.91 Å². The van der Waals surface area contributed by atoms with E-state index in [9.17, 15) is 4.79 Å². The number of hydrogen-bond acceptors (Lipinski definition) is 2. The van der Waals surface area contributed by atoms with Crippen molar-refractivity contribution in [3.8, 4) is 0 Å². The Morgan fingerprint density at radius 1 is 1.17 bits per heavy atom. The molecular weight excluding hydrogens is 224 g/mol. The Kier molecular flexibility index (Phi) is 7.52. The summed E-state index contributed by atoms with van der Waals surface area (Å²) in [5.41, 5.74) is 3.40. The monoisotopic (exact) mass is 248 g/mol. The van der Waals surface area contributed by atoms with E-state index in [2.05, 4.69) is 17.2 Å². The number of nitrogens with one attached hydrogen (secondary N) is 2. The minimum Gasteiger partial charge on any atom is -0.357 e. The van der Waals surface area contributed by atoms with Crippen LogP contribution < -0.4 is 10.6 Å². The zero-order valence-electron chi connectivity index (χ0n) is 12.1. The van der Waals surface area contributed by atoms with Gasteiger partial charge in [0.05, 0.1) is 17.8 Å². The van der Waals surface area contributed by atoms with Crippen LogP contribution >= 0.6 is 0 Å². The fraction of sp³-hybridized carbons (Fsp3) is 0.400. The van der Waals surface area contributed by atoms with Crippen molar-refractivity contribution in [1.29, 1.82) is 0 Å². The van der Waals surface area contributed by atoms with E-state index >= 15 is 0 Å². The lowest BCUT2D eigenvalue weighted by Gasteiger charge is -2.06. The van der Waals surface area contributed by atoms with Gasteiger partial charge in [0.1, 0.15) is 0 Å². The van der Waals surface area contributed by atoms with E-state index in [0.717, 1.165) is 16.9 Å². The molecule has 3 nitrogen and oxygen atoms in total. The minimum absolute atomic E-state index is 0.0464. The van der Waals surface area contributed by atoms with E-state index in [1.54, 1.807) is 0 Å². The highest BCUT2D eigenvalue weighted by atomic mass is 16.1. The number of amides is 1. The molecule has 2 N–H and O–H groups in total. The molecule has 0 aromatic heterocycles. The number of hydrogen-bond donors (Lipinski definition) is 2. The summed E-state index contributed by atoms with van der Waals surface area (Å²) in [4.78, 5) is 11.6. The normalized spacial score (nSPS) is 12.5. The van der Waals surface area contributed by atoms with Crippen molar-refractivity contribution >= 4 is 11.6 Å². The molecule has 0 aliphatic carbocycles. The topological polar surface area (TPSA) is 41.1 Å². The molecule has 3 heteroatoms. The van der Waals surface area contributed by atoms with Crippen LogP contribution in [0.1, 0.15) is 43.6 Å². The smallest absolute Gasteiger partial charge is 0.253 e. The van der Waals surface area contributed by atoms with E-state index in [0.29, 0.717) is 12.1 Å². The SMILES string of the molecule is C=C1CNC(=O)c2cc(C)ccc2N1.CC.CC. The van der Waals surface area contributed by atoms with E-state index in [1.807, 2.05) is 52.8 Å². The van der Waals surface area contributed by atoms with Crippen molar-refractivity contribution in [1.82, 2.24) is 5.32 Å². The molecule has 0 unspecified atom stereocenters. The van der Waals surface area contributed by atoms with Gasteiger partial charge in [0.25, 0.3) is 5.91 Å². The Hall–Kier alpha value is -1.77. The first-order chi connectivity index (χ1) is 8.66.